The van der Waals surface area contributed by atoms with Crippen LogP contribution < -0.4 is 4.74 Å². The van der Waals surface area contributed by atoms with Gasteiger partial charge in [-0.2, -0.15) is 0 Å². The summed E-state index contributed by atoms with van der Waals surface area (Å²) in [6, 6.07) is 3.01. The van der Waals surface area contributed by atoms with E-state index in [9.17, 15) is 19.7 Å². The molecule has 7 heteroatoms. The van der Waals surface area contributed by atoms with Gasteiger partial charge in [-0.25, -0.2) is 4.79 Å². The second kappa shape index (κ2) is 5.76. The van der Waals surface area contributed by atoms with Crippen LogP contribution in [0.1, 0.15) is 30.1 Å². The van der Waals surface area contributed by atoms with Crippen LogP contribution >= 0.6 is 0 Å². The number of nitrogens with zero attached hydrogens (tertiary/aromatic N) is 1. The van der Waals surface area contributed by atoms with Crippen LogP contribution in [0.15, 0.2) is 18.2 Å². The van der Waals surface area contributed by atoms with Crippen LogP contribution in [0.5, 0.6) is 5.75 Å². The molecule has 0 bridgehead atoms. The van der Waals surface area contributed by atoms with Crippen LogP contribution in [0.2, 0.25) is 0 Å². The second-order valence-electron chi connectivity index (χ2n) is 3.47. The largest absolute Gasteiger partial charge is 0.478 e. The smallest absolute Gasteiger partial charge is 0.339 e. The summed E-state index contributed by atoms with van der Waals surface area (Å²) in [6.07, 6.45) is 0.651. The highest BCUT2D eigenvalue weighted by atomic mass is 16.6. The fraction of sp³-hybridized carbons (Fsp3) is 0.273. The van der Waals surface area contributed by atoms with Gasteiger partial charge in [0.1, 0.15) is 5.56 Å². The van der Waals surface area contributed by atoms with E-state index in [4.69, 9.17) is 9.84 Å². The minimum atomic E-state index is -1.32. The Hall–Kier alpha value is -2.44. The Kier molecular flexibility index (Phi) is 4.36. The number of carboxylic acid groups (broad SMARTS) is 1. The third-order valence-corrected chi connectivity index (χ3v) is 2.08. The quantitative estimate of drug-likeness (QED) is 0.372. The number of hydrogen-bond donors (Lipinski definition) is 1. The number of carboxylic acids is 1. The number of rotatable bonds is 5. The number of aromatic carboxylic acids is 1. The van der Waals surface area contributed by atoms with Crippen molar-refractivity contribution < 1.29 is 24.4 Å². The standard InChI is InChI=1S/C11H11NO6/c1-2-3-10(13)18-9-6-7(12(16)17)4-5-8(9)11(14)15/h4-6H,2-3H2,1H3,(H,14,15). The van der Waals surface area contributed by atoms with E-state index in [1.165, 1.54) is 0 Å². The Morgan fingerprint density at radius 2 is 2.11 bits per heavy atom. The lowest BCUT2D eigenvalue weighted by Crippen LogP contribution is -2.11. The summed E-state index contributed by atoms with van der Waals surface area (Å²) in [5.41, 5.74) is -0.621. The van der Waals surface area contributed by atoms with Gasteiger partial charge in [-0.3, -0.25) is 14.9 Å². The molecule has 0 aliphatic rings. The second-order valence-corrected chi connectivity index (χ2v) is 3.47. The van der Waals surface area contributed by atoms with Gasteiger partial charge >= 0.3 is 11.9 Å². The first kappa shape index (κ1) is 13.6. The molecule has 0 radical (unpaired) electrons. The number of carbonyl (C=O) groups excluding carboxylic acids is 1. The first-order chi connectivity index (χ1) is 8.45. The normalized spacial score (nSPS) is 9.83. The molecule has 0 unspecified atom stereocenters. The molecule has 96 valence electrons. The van der Waals surface area contributed by atoms with E-state index >= 15 is 0 Å². The first-order valence-electron chi connectivity index (χ1n) is 5.18. The van der Waals surface area contributed by atoms with E-state index in [1.54, 1.807) is 6.92 Å². The van der Waals surface area contributed by atoms with Gasteiger partial charge in [0.15, 0.2) is 5.75 Å². The molecule has 0 atom stereocenters. The summed E-state index contributed by atoms with van der Waals surface area (Å²) < 4.78 is 4.81. The highest BCUT2D eigenvalue weighted by Crippen LogP contribution is 2.25. The molecule has 0 aromatic heterocycles. The molecule has 0 saturated carbocycles. The number of nitro groups is 1. The van der Waals surface area contributed by atoms with Crippen molar-refractivity contribution in [1.29, 1.82) is 0 Å². The molecule has 1 N–H and O–H groups in total. The molecule has 0 fully saturated rings. The average molecular weight is 253 g/mol. The van der Waals surface area contributed by atoms with E-state index in [2.05, 4.69) is 0 Å². The van der Waals surface area contributed by atoms with Crippen molar-refractivity contribution in [3.05, 3.63) is 33.9 Å². The van der Waals surface area contributed by atoms with Crippen LogP contribution in [-0.2, 0) is 4.79 Å². The summed E-state index contributed by atoms with van der Waals surface area (Å²) in [5, 5.41) is 19.4. The predicted molar refractivity (Wildman–Crippen MR) is 60.6 cm³/mol. The van der Waals surface area contributed by atoms with Gasteiger partial charge in [0.25, 0.3) is 5.69 Å². The van der Waals surface area contributed by atoms with Crippen molar-refractivity contribution in [2.75, 3.05) is 0 Å². The van der Waals surface area contributed by atoms with Crippen LogP contribution in [0.4, 0.5) is 5.69 Å². The third-order valence-electron chi connectivity index (χ3n) is 2.08. The number of carbonyl (C=O) groups is 2. The van der Waals surface area contributed by atoms with E-state index in [1.807, 2.05) is 0 Å². The minimum Gasteiger partial charge on any atom is -0.478 e. The van der Waals surface area contributed by atoms with E-state index in [0.29, 0.717) is 6.42 Å². The Morgan fingerprint density at radius 3 is 2.61 bits per heavy atom. The molecule has 0 heterocycles. The fourth-order valence-corrected chi connectivity index (χ4v) is 1.26. The molecule has 1 aromatic carbocycles. The summed E-state index contributed by atoms with van der Waals surface area (Å²) in [5.74, 6) is -2.25. The Morgan fingerprint density at radius 1 is 1.44 bits per heavy atom. The zero-order chi connectivity index (χ0) is 13.7. The Balaban J connectivity index is 3.11. The minimum absolute atomic E-state index is 0.113. The number of esters is 1. The van der Waals surface area contributed by atoms with Gasteiger partial charge in [0, 0.05) is 12.5 Å². The lowest BCUT2D eigenvalue weighted by Gasteiger charge is -2.06. The molecular formula is C11H11NO6. The van der Waals surface area contributed by atoms with Crippen LogP contribution in [0.3, 0.4) is 0 Å². The van der Waals surface area contributed by atoms with Crippen LogP contribution in [0.25, 0.3) is 0 Å². The van der Waals surface area contributed by atoms with Gasteiger partial charge in [-0.05, 0) is 12.5 Å². The monoisotopic (exact) mass is 253 g/mol. The lowest BCUT2D eigenvalue weighted by molar-refractivity contribution is -0.384. The molecule has 18 heavy (non-hydrogen) atoms. The van der Waals surface area contributed by atoms with Crippen molar-refractivity contribution in [3.8, 4) is 5.75 Å². The molecule has 0 amide bonds. The van der Waals surface area contributed by atoms with Crippen molar-refractivity contribution in [3.63, 3.8) is 0 Å². The van der Waals surface area contributed by atoms with Crippen LogP contribution in [0, 0.1) is 10.1 Å². The zero-order valence-electron chi connectivity index (χ0n) is 9.58. The maximum absolute atomic E-state index is 11.3. The molecule has 1 rings (SSSR count). The van der Waals surface area contributed by atoms with E-state index in [0.717, 1.165) is 18.2 Å². The number of hydrogen-bond acceptors (Lipinski definition) is 5. The molecule has 0 aliphatic heterocycles. The van der Waals surface area contributed by atoms with Crippen LogP contribution in [-0.4, -0.2) is 22.0 Å². The number of nitro benzene ring substituents is 1. The maximum atomic E-state index is 11.3. The number of non-ortho nitro benzene ring substituents is 1. The first-order valence-corrected chi connectivity index (χ1v) is 5.18. The van der Waals surface area contributed by atoms with Gasteiger partial charge in [0.05, 0.1) is 11.0 Å². The van der Waals surface area contributed by atoms with Crippen molar-refractivity contribution in [1.82, 2.24) is 0 Å². The summed E-state index contributed by atoms with van der Waals surface area (Å²) in [4.78, 5) is 32.0. The maximum Gasteiger partial charge on any atom is 0.339 e. The Labute approximate surface area is 102 Å². The molecule has 1 aromatic rings. The predicted octanol–water partition coefficient (Wildman–Crippen LogP) is 2.00. The SMILES string of the molecule is CCCC(=O)Oc1cc([N+](=O)[O-])ccc1C(=O)O. The van der Waals surface area contributed by atoms with Gasteiger partial charge in [0.2, 0.25) is 0 Å². The third kappa shape index (κ3) is 3.27. The van der Waals surface area contributed by atoms with Gasteiger partial charge < -0.3 is 9.84 Å². The molecule has 7 nitrogen and oxygen atoms in total. The topological polar surface area (TPSA) is 107 Å². The highest BCUT2D eigenvalue weighted by Gasteiger charge is 2.18. The van der Waals surface area contributed by atoms with Crippen molar-refractivity contribution in [2.24, 2.45) is 0 Å². The summed E-state index contributed by atoms with van der Waals surface area (Å²) in [7, 11) is 0. The fourth-order valence-electron chi connectivity index (χ4n) is 1.26. The van der Waals surface area contributed by atoms with Crippen molar-refractivity contribution in [2.45, 2.75) is 19.8 Å². The van der Waals surface area contributed by atoms with Gasteiger partial charge in [-0.1, -0.05) is 6.92 Å². The molecule has 0 aliphatic carbocycles. The van der Waals surface area contributed by atoms with E-state index < -0.39 is 16.9 Å². The molecule has 0 saturated heterocycles. The summed E-state index contributed by atoms with van der Waals surface area (Å²) in [6.45, 7) is 1.76. The lowest BCUT2D eigenvalue weighted by atomic mass is 10.2. The highest BCUT2D eigenvalue weighted by molar-refractivity contribution is 5.92. The van der Waals surface area contributed by atoms with E-state index in [-0.39, 0.29) is 23.4 Å². The molecular weight excluding hydrogens is 242 g/mol. The number of ether oxygens (including phenoxy) is 1. The molecule has 0 spiro atoms. The number of benzene rings is 1. The average Bonchev–Trinajstić information content (AvgIpc) is 2.28. The Bertz CT molecular complexity index is 496. The summed E-state index contributed by atoms with van der Waals surface area (Å²) >= 11 is 0. The van der Waals surface area contributed by atoms with Gasteiger partial charge in [-0.15, -0.1) is 0 Å². The van der Waals surface area contributed by atoms with Crippen molar-refractivity contribution >= 4 is 17.6 Å². The zero-order valence-corrected chi connectivity index (χ0v) is 9.58.